The van der Waals surface area contributed by atoms with Gasteiger partial charge in [-0.1, -0.05) is 18.2 Å². The quantitative estimate of drug-likeness (QED) is 0.721. The van der Waals surface area contributed by atoms with Crippen molar-refractivity contribution in [2.24, 2.45) is 0 Å². The Morgan fingerprint density at radius 1 is 0.920 bits per heavy atom. The lowest BCUT2D eigenvalue weighted by atomic mass is 10.1. The van der Waals surface area contributed by atoms with Crippen LogP contribution in [0.15, 0.2) is 73.1 Å². The summed E-state index contributed by atoms with van der Waals surface area (Å²) < 4.78 is 13.2. The monoisotopic (exact) mass is 335 g/mol. The number of amides is 1. The summed E-state index contributed by atoms with van der Waals surface area (Å²) in [4.78, 5) is 16.2. The van der Waals surface area contributed by atoms with Gasteiger partial charge in [-0.15, -0.1) is 0 Å². The van der Waals surface area contributed by atoms with E-state index in [2.05, 4.69) is 15.6 Å². The van der Waals surface area contributed by atoms with E-state index < -0.39 is 5.82 Å². The lowest BCUT2D eigenvalue weighted by Crippen LogP contribution is -2.14. The standard InChI is InChI=1S/C20H18FN3O/c21-18-5-2-4-17(12-18)20(25)24-19-6-1-3-16(11-19)14-23-13-15-7-9-22-10-8-15/h1-12,23H,13-14H2,(H,24,25). The minimum absolute atomic E-state index is 0.293. The Hall–Kier alpha value is -3.05. The highest BCUT2D eigenvalue weighted by atomic mass is 19.1. The summed E-state index contributed by atoms with van der Waals surface area (Å²) in [6.07, 6.45) is 3.53. The third-order valence-electron chi connectivity index (χ3n) is 3.68. The van der Waals surface area contributed by atoms with Crippen LogP contribution in [-0.2, 0) is 13.1 Å². The van der Waals surface area contributed by atoms with Crippen LogP contribution >= 0.6 is 0 Å². The molecule has 4 nitrogen and oxygen atoms in total. The van der Waals surface area contributed by atoms with Gasteiger partial charge >= 0.3 is 0 Å². The van der Waals surface area contributed by atoms with Crippen LogP contribution < -0.4 is 10.6 Å². The van der Waals surface area contributed by atoms with Gasteiger partial charge in [-0.3, -0.25) is 9.78 Å². The fraction of sp³-hybridized carbons (Fsp3) is 0.100. The summed E-state index contributed by atoms with van der Waals surface area (Å²) in [5.74, 6) is -0.761. The van der Waals surface area contributed by atoms with E-state index in [0.717, 1.165) is 17.7 Å². The van der Waals surface area contributed by atoms with E-state index in [-0.39, 0.29) is 5.91 Å². The molecule has 126 valence electrons. The Morgan fingerprint density at radius 2 is 1.68 bits per heavy atom. The Labute approximate surface area is 145 Å². The Balaban J connectivity index is 1.58. The van der Waals surface area contributed by atoms with E-state index in [4.69, 9.17) is 0 Å². The van der Waals surface area contributed by atoms with Crippen molar-refractivity contribution in [2.75, 3.05) is 5.32 Å². The first-order chi connectivity index (χ1) is 12.2. The molecule has 0 spiro atoms. The number of pyridine rings is 1. The van der Waals surface area contributed by atoms with Crippen LogP contribution in [0.3, 0.4) is 0 Å². The first-order valence-electron chi connectivity index (χ1n) is 7.96. The zero-order valence-electron chi connectivity index (χ0n) is 13.6. The third-order valence-corrected chi connectivity index (χ3v) is 3.68. The summed E-state index contributed by atoms with van der Waals surface area (Å²) in [7, 11) is 0. The molecule has 0 aliphatic rings. The summed E-state index contributed by atoms with van der Waals surface area (Å²) in [6, 6.07) is 17.1. The van der Waals surface area contributed by atoms with Gasteiger partial charge in [0.15, 0.2) is 0 Å². The van der Waals surface area contributed by atoms with Crippen molar-refractivity contribution in [1.29, 1.82) is 0 Å². The average Bonchev–Trinajstić information content (AvgIpc) is 2.63. The Bertz CT molecular complexity index is 852. The van der Waals surface area contributed by atoms with Gasteiger partial charge in [-0.25, -0.2) is 4.39 Å². The zero-order valence-corrected chi connectivity index (χ0v) is 13.6. The molecule has 0 saturated carbocycles. The van der Waals surface area contributed by atoms with E-state index in [9.17, 15) is 9.18 Å². The predicted molar refractivity (Wildman–Crippen MR) is 95.6 cm³/mol. The van der Waals surface area contributed by atoms with E-state index in [0.29, 0.717) is 17.8 Å². The fourth-order valence-electron chi connectivity index (χ4n) is 2.44. The molecule has 0 saturated heterocycles. The molecule has 0 aliphatic heterocycles. The highest BCUT2D eigenvalue weighted by Gasteiger charge is 2.07. The van der Waals surface area contributed by atoms with Gasteiger partial charge < -0.3 is 10.6 Å². The van der Waals surface area contributed by atoms with Gasteiger partial charge in [0.2, 0.25) is 0 Å². The Morgan fingerprint density at radius 3 is 2.48 bits per heavy atom. The first-order valence-corrected chi connectivity index (χ1v) is 7.96. The summed E-state index contributed by atoms with van der Waals surface area (Å²) >= 11 is 0. The smallest absolute Gasteiger partial charge is 0.255 e. The molecule has 1 heterocycles. The minimum atomic E-state index is -0.429. The van der Waals surface area contributed by atoms with Crippen molar-refractivity contribution < 1.29 is 9.18 Å². The maximum Gasteiger partial charge on any atom is 0.255 e. The molecule has 0 atom stereocenters. The molecule has 0 aliphatic carbocycles. The molecule has 2 N–H and O–H groups in total. The predicted octanol–water partition coefficient (Wildman–Crippen LogP) is 3.76. The number of hydrogen-bond donors (Lipinski definition) is 2. The molecule has 0 fully saturated rings. The fourth-order valence-corrected chi connectivity index (χ4v) is 2.44. The second-order valence-corrected chi connectivity index (χ2v) is 5.62. The zero-order chi connectivity index (χ0) is 17.5. The van der Waals surface area contributed by atoms with Crippen LogP contribution in [0.25, 0.3) is 0 Å². The molecule has 0 bridgehead atoms. The molecule has 0 unspecified atom stereocenters. The lowest BCUT2D eigenvalue weighted by molar-refractivity contribution is 0.102. The second kappa shape index (κ2) is 8.17. The number of nitrogens with zero attached hydrogens (tertiary/aromatic N) is 1. The lowest BCUT2D eigenvalue weighted by Gasteiger charge is -2.09. The molecule has 3 aromatic rings. The van der Waals surface area contributed by atoms with Crippen LogP contribution in [0, 0.1) is 5.82 Å². The number of aromatic nitrogens is 1. The van der Waals surface area contributed by atoms with Gasteiger partial charge in [-0.2, -0.15) is 0 Å². The van der Waals surface area contributed by atoms with Crippen LogP contribution in [0.2, 0.25) is 0 Å². The molecule has 5 heteroatoms. The molecule has 25 heavy (non-hydrogen) atoms. The number of nitrogens with one attached hydrogen (secondary N) is 2. The van der Waals surface area contributed by atoms with Crippen molar-refractivity contribution in [2.45, 2.75) is 13.1 Å². The minimum Gasteiger partial charge on any atom is -0.322 e. The molecule has 2 aromatic carbocycles. The van der Waals surface area contributed by atoms with Crippen LogP contribution in [0.1, 0.15) is 21.5 Å². The van der Waals surface area contributed by atoms with Crippen LogP contribution in [0.5, 0.6) is 0 Å². The number of carbonyl (C=O) groups excluding carboxylic acids is 1. The maximum absolute atomic E-state index is 13.2. The van der Waals surface area contributed by atoms with Crippen LogP contribution in [0.4, 0.5) is 10.1 Å². The normalized spacial score (nSPS) is 10.4. The summed E-state index contributed by atoms with van der Waals surface area (Å²) in [5, 5.41) is 6.14. The maximum atomic E-state index is 13.2. The van der Waals surface area contributed by atoms with E-state index >= 15 is 0 Å². The van der Waals surface area contributed by atoms with Crippen molar-refractivity contribution in [1.82, 2.24) is 10.3 Å². The number of hydrogen-bond acceptors (Lipinski definition) is 3. The number of rotatable bonds is 6. The molecular formula is C20H18FN3O. The third kappa shape index (κ3) is 4.96. The molecule has 3 rings (SSSR count). The van der Waals surface area contributed by atoms with E-state index in [1.165, 1.54) is 18.2 Å². The van der Waals surface area contributed by atoms with Crippen molar-refractivity contribution >= 4 is 11.6 Å². The number of benzene rings is 2. The summed E-state index contributed by atoms with van der Waals surface area (Å²) in [5.41, 5.74) is 3.18. The van der Waals surface area contributed by atoms with Gasteiger partial charge in [0.25, 0.3) is 5.91 Å². The SMILES string of the molecule is O=C(Nc1cccc(CNCc2ccncc2)c1)c1cccc(F)c1. The highest BCUT2D eigenvalue weighted by molar-refractivity contribution is 6.04. The molecule has 1 aromatic heterocycles. The van der Waals surface area contributed by atoms with Crippen molar-refractivity contribution in [3.05, 3.63) is 95.6 Å². The molecule has 1 amide bonds. The second-order valence-electron chi connectivity index (χ2n) is 5.62. The first kappa shape index (κ1) is 16.8. The largest absolute Gasteiger partial charge is 0.322 e. The van der Waals surface area contributed by atoms with E-state index in [1.807, 2.05) is 36.4 Å². The summed E-state index contributed by atoms with van der Waals surface area (Å²) in [6.45, 7) is 1.41. The van der Waals surface area contributed by atoms with E-state index in [1.54, 1.807) is 18.5 Å². The number of carbonyl (C=O) groups is 1. The number of anilines is 1. The van der Waals surface area contributed by atoms with Gasteiger partial charge in [0.05, 0.1) is 0 Å². The molecule has 0 radical (unpaired) electrons. The average molecular weight is 335 g/mol. The van der Waals surface area contributed by atoms with Crippen LogP contribution in [-0.4, -0.2) is 10.9 Å². The van der Waals surface area contributed by atoms with Gasteiger partial charge in [-0.05, 0) is 53.6 Å². The van der Waals surface area contributed by atoms with Gasteiger partial charge in [0.1, 0.15) is 5.82 Å². The highest BCUT2D eigenvalue weighted by Crippen LogP contribution is 2.13. The Kier molecular flexibility index (Phi) is 5.49. The van der Waals surface area contributed by atoms with Crippen molar-refractivity contribution in [3.8, 4) is 0 Å². The number of halogens is 1. The van der Waals surface area contributed by atoms with Gasteiger partial charge in [0, 0.05) is 36.7 Å². The topological polar surface area (TPSA) is 54.0 Å². The molecular weight excluding hydrogens is 317 g/mol. The van der Waals surface area contributed by atoms with Crippen molar-refractivity contribution in [3.63, 3.8) is 0 Å².